The molecule has 1 heterocycles. The molecule has 1 aliphatic rings. The summed E-state index contributed by atoms with van der Waals surface area (Å²) in [5, 5.41) is 2.42. The number of benzene rings is 3. The van der Waals surface area contributed by atoms with E-state index in [1.807, 2.05) is 0 Å². The van der Waals surface area contributed by atoms with Crippen molar-refractivity contribution in [2.75, 3.05) is 24.6 Å². The van der Waals surface area contributed by atoms with Gasteiger partial charge in [0, 0.05) is 46.8 Å². The molecule has 0 aliphatic carbocycles. The first-order valence-electron chi connectivity index (χ1n) is 18.7. The zero-order valence-corrected chi connectivity index (χ0v) is 29.9. The average molecular weight is 624 g/mol. The highest BCUT2D eigenvalue weighted by Crippen LogP contribution is 2.41. The Morgan fingerprint density at radius 1 is 0.696 bits per heavy atom. The van der Waals surface area contributed by atoms with Gasteiger partial charge >= 0.3 is 0 Å². The van der Waals surface area contributed by atoms with E-state index >= 15 is 0 Å². The Labute approximate surface area is 280 Å². The molecule has 0 bridgehead atoms. The second-order valence-electron chi connectivity index (χ2n) is 13.1. The predicted octanol–water partition coefficient (Wildman–Crippen LogP) is 11.2. The topological polar surface area (TPSA) is 21.7 Å². The zero-order valence-electron chi connectivity index (χ0n) is 29.9. The highest BCUT2D eigenvalue weighted by Gasteiger charge is 2.24. The summed E-state index contributed by atoms with van der Waals surface area (Å²) in [6.45, 7) is 16.3. The van der Waals surface area contributed by atoms with Crippen LogP contribution in [0.3, 0.4) is 0 Å². The van der Waals surface area contributed by atoms with Crippen LogP contribution in [-0.4, -0.2) is 19.7 Å². The number of fused-ring (bicyclic) bond motifs is 2. The van der Waals surface area contributed by atoms with Crippen molar-refractivity contribution in [2.24, 2.45) is 5.92 Å². The molecule has 0 aromatic heterocycles. The molecule has 3 aromatic carbocycles. The van der Waals surface area contributed by atoms with E-state index in [1.165, 1.54) is 92.7 Å². The van der Waals surface area contributed by atoms with E-state index in [9.17, 15) is 0 Å². The van der Waals surface area contributed by atoms with E-state index in [2.05, 4.69) is 107 Å². The number of unbranched alkanes of at least 4 members (excludes halogenated alkanes) is 9. The lowest BCUT2D eigenvalue weighted by Gasteiger charge is -2.26. The largest absolute Gasteiger partial charge is 0.493 e. The fraction of sp³-hybridized carbons (Fsp3) is 0.535. The van der Waals surface area contributed by atoms with Crippen LogP contribution < -0.4 is 24.8 Å². The molecule has 4 rings (SSSR count). The van der Waals surface area contributed by atoms with Crippen LogP contribution in [0.2, 0.25) is 0 Å². The molecular formula is C43H61NO2. The maximum atomic E-state index is 6.78. The van der Waals surface area contributed by atoms with Gasteiger partial charge in [-0.05, 0) is 81.5 Å². The maximum Gasteiger partial charge on any atom is 0.137 e. The molecule has 3 heteroatoms. The van der Waals surface area contributed by atoms with Crippen molar-refractivity contribution in [3.8, 4) is 17.2 Å². The first-order valence-corrected chi connectivity index (χ1v) is 18.7. The highest BCUT2D eigenvalue weighted by atomic mass is 16.5. The SMILES string of the molecule is CCCCCCCCCCCCOc1ccccc1C1=c2ccc(=C(C)C(CC)CCC)cc2Oc2cc(N(CC)CC)ccc21. The van der Waals surface area contributed by atoms with Crippen LogP contribution in [0.4, 0.5) is 5.69 Å². The predicted molar refractivity (Wildman–Crippen MR) is 199 cm³/mol. The molecule has 0 N–H and O–H groups in total. The van der Waals surface area contributed by atoms with E-state index in [4.69, 9.17) is 9.47 Å². The van der Waals surface area contributed by atoms with E-state index < -0.39 is 0 Å². The number of rotatable bonds is 20. The fourth-order valence-electron chi connectivity index (χ4n) is 7.08. The zero-order chi connectivity index (χ0) is 32.7. The summed E-state index contributed by atoms with van der Waals surface area (Å²) in [4.78, 5) is 2.38. The number of nitrogens with zero attached hydrogens (tertiary/aromatic N) is 1. The van der Waals surface area contributed by atoms with Crippen LogP contribution in [0.5, 0.6) is 17.2 Å². The van der Waals surface area contributed by atoms with Crippen molar-refractivity contribution in [1.82, 2.24) is 0 Å². The first-order chi connectivity index (χ1) is 22.6. The summed E-state index contributed by atoms with van der Waals surface area (Å²) >= 11 is 0. The average Bonchev–Trinajstić information content (AvgIpc) is 3.08. The lowest BCUT2D eigenvalue weighted by molar-refractivity contribution is 0.303. The van der Waals surface area contributed by atoms with Crippen LogP contribution in [0.15, 0.2) is 60.7 Å². The van der Waals surface area contributed by atoms with Gasteiger partial charge in [-0.1, -0.05) is 115 Å². The normalized spacial score (nSPS) is 13.5. The minimum Gasteiger partial charge on any atom is -0.493 e. The Morgan fingerprint density at radius 3 is 2.07 bits per heavy atom. The van der Waals surface area contributed by atoms with Gasteiger partial charge in [0.25, 0.3) is 0 Å². The van der Waals surface area contributed by atoms with Gasteiger partial charge in [0.2, 0.25) is 0 Å². The van der Waals surface area contributed by atoms with Gasteiger partial charge in [-0.15, -0.1) is 0 Å². The lowest BCUT2D eigenvalue weighted by Crippen LogP contribution is -2.24. The molecule has 3 aromatic rings. The molecule has 0 amide bonds. The summed E-state index contributed by atoms with van der Waals surface area (Å²) in [6, 6.07) is 22.2. The Kier molecular flexibility index (Phi) is 14.6. The molecule has 1 unspecified atom stereocenters. The Hall–Kier alpha value is -3.20. The van der Waals surface area contributed by atoms with E-state index in [1.54, 1.807) is 0 Å². The van der Waals surface area contributed by atoms with Gasteiger partial charge in [0.1, 0.15) is 17.2 Å². The van der Waals surface area contributed by atoms with Gasteiger partial charge in [0.05, 0.1) is 6.61 Å². The molecule has 1 aliphatic heterocycles. The summed E-state index contributed by atoms with van der Waals surface area (Å²) < 4.78 is 13.3. The number of anilines is 1. The van der Waals surface area contributed by atoms with Crippen LogP contribution >= 0.6 is 0 Å². The van der Waals surface area contributed by atoms with E-state index in [-0.39, 0.29) is 0 Å². The third kappa shape index (κ3) is 9.20. The van der Waals surface area contributed by atoms with Crippen molar-refractivity contribution < 1.29 is 9.47 Å². The van der Waals surface area contributed by atoms with Crippen LogP contribution in [0.25, 0.3) is 11.1 Å². The lowest BCUT2D eigenvalue weighted by atomic mass is 9.89. The number of ether oxygens (including phenoxy) is 2. The van der Waals surface area contributed by atoms with Gasteiger partial charge in [-0.3, -0.25) is 0 Å². The first kappa shape index (κ1) is 35.7. The quantitative estimate of drug-likeness (QED) is 0.0914. The third-order valence-electron chi connectivity index (χ3n) is 9.94. The van der Waals surface area contributed by atoms with E-state index in [0.29, 0.717) is 5.92 Å². The third-order valence-corrected chi connectivity index (χ3v) is 9.94. The van der Waals surface area contributed by atoms with Crippen molar-refractivity contribution in [1.29, 1.82) is 0 Å². The maximum absolute atomic E-state index is 6.78. The molecule has 0 fully saturated rings. The van der Waals surface area contributed by atoms with Gasteiger partial charge in [-0.2, -0.15) is 0 Å². The van der Waals surface area contributed by atoms with Crippen molar-refractivity contribution >= 4 is 16.8 Å². The van der Waals surface area contributed by atoms with Gasteiger partial charge in [-0.25, -0.2) is 0 Å². The van der Waals surface area contributed by atoms with Crippen molar-refractivity contribution in [3.63, 3.8) is 0 Å². The Bertz CT molecular complexity index is 1480. The molecule has 3 nitrogen and oxygen atoms in total. The Balaban J connectivity index is 1.63. The van der Waals surface area contributed by atoms with Crippen LogP contribution in [0, 0.1) is 5.92 Å². The monoisotopic (exact) mass is 623 g/mol. The van der Waals surface area contributed by atoms with Gasteiger partial charge < -0.3 is 14.4 Å². The summed E-state index contributed by atoms with van der Waals surface area (Å²) in [7, 11) is 0. The molecule has 250 valence electrons. The molecular weight excluding hydrogens is 562 g/mol. The minimum absolute atomic E-state index is 0.594. The second kappa shape index (κ2) is 18.8. The molecule has 0 saturated heterocycles. The van der Waals surface area contributed by atoms with Crippen molar-refractivity contribution in [2.45, 2.75) is 125 Å². The smallest absolute Gasteiger partial charge is 0.137 e. The highest BCUT2D eigenvalue weighted by molar-refractivity contribution is 5.88. The van der Waals surface area contributed by atoms with Crippen molar-refractivity contribution in [3.05, 3.63) is 82.2 Å². The van der Waals surface area contributed by atoms with Gasteiger partial charge in [0.15, 0.2) is 0 Å². The Morgan fingerprint density at radius 2 is 1.39 bits per heavy atom. The molecule has 1 atom stereocenters. The van der Waals surface area contributed by atoms with Crippen LogP contribution in [-0.2, 0) is 0 Å². The number of para-hydroxylation sites is 1. The van der Waals surface area contributed by atoms with E-state index in [0.717, 1.165) is 66.1 Å². The summed E-state index contributed by atoms with van der Waals surface area (Å²) in [5.41, 5.74) is 6.13. The number of hydrogen-bond acceptors (Lipinski definition) is 3. The van der Waals surface area contributed by atoms with Crippen LogP contribution in [0.1, 0.15) is 136 Å². The molecule has 0 saturated carbocycles. The summed E-state index contributed by atoms with van der Waals surface area (Å²) in [5.74, 6) is 3.41. The standard InChI is InChI=1S/C43H61NO2/c1-7-12-13-14-15-16-17-18-19-22-30-45-40-25-21-20-24-37(40)43-38-28-26-35(33(6)34(9-3)23-8-2)31-41(38)46-42-32-36(27-29-39(42)43)44(10-4)11-5/h20-21,24-29,31-32,34H,7-19,22-23,30H2,1-6H3. The molecule has 0 spiro atoms. The molecule has 46 heavy (non-hydrogen) atoms. The summed E-state index contributed by atoms with van der Waals surface area (Å²) in [6.07, 6.45) is 16.8. The minimum atomic E-state index is 0.594. The number of hydrogen-bond donors (Lipinski definition) is 0. The second-order valence-corrected chi connectivity index (χ2v) is 13.1. The fourth-order valence-corrected chi connectivity index (χ4v) is 7.08. The molecule has 0 radical (unpaired) electrons.